The number of hydrogen-bond acceptors (Lipinski definition) is 4. The largest absolute Gasteiger partial charge is 0.494 e. The van der Waals surface area contributed by atoms with Crippen molar-refractivity contribution in [3.05, 3.63) is 95.5 Å². The van der Waals surface area contributed by atoms with Crippen molar-refractivity contribution in [3.63, 3.8) is 0 Å². The van der Waals surface area contributed by atoms with Gasteiger partial charge in [-0.3, -0.25) is 14.5 Å². The molecule has 0 aromatic heterocycles. The summed E-state index contributed by atoms with van der Waals surface area (Å²) in [5.74, 6) is 0.0333. The van der Waals surface area contributed by atoms with Crippen LogP contribution in [0.5, 0.6) is 11.5 Å². The Hall–Kier alpha value is -4.13. The van der Waals surface area contributed by atoms with Crippen LogP contribution in [0.15, 0.2) is 78.6 Å². The number of fused-ring (bicyclic) bond motifs is 1. The Kier molecular flexibility index (Phi) is 8.00. The zero-order valence-electron chi connectivity index (χ0n) is 20.4. The molecule has 0 saturated heterocycles. The van der Waals surface area contributed by atoms with Gasteiger partial charge in [-0.25, -0.2) is 4.39 Å². The predicted molar refractivity (Wildman–Crippen MR) is 137 cm³/mol. The Morgan fingerprint density at radius 1 is 1.11 bits per heavy atom. The topological polar surface area (TPSA) is 67.9 Å². The van der Waals surface area contributed by atoms with Gasteiger partial charge in [0.05, 0.1) is 18.3 Å². The fourth-order valence-corrected chi connectivity index (χ4v) is 3.87. The highest BCUT2D eigenvalue weighted by Gasteiger charge is 2.31. The molecule has 3 aromatic carbocycles. The summed E-state index contributed by atoms with van der Waals surface area (Å²) in [6.07, 6.45) is 3.54. The van der Waals surface area contributed by atoms with Gasteiger partial charge >= 0.3 is 0 Å². The maximum absolute atomic E-state index is 13.6. The van der Waals surface area contributed by atoms with Crippen LogP contribution in [0.25, 0.3) is 6.08 Å². The van der Waals surface area contributed by atoms with Gasteiger partial charge in [0.2, 0.25) is 5.91 Å². The van der Waals surface area contributed by atoms with Gasteiger partial charge in [-0.15, -0.1) is 0 Å². The lowest BCUT2D eigenvalue weighted by atomic mass is 10.1. The van der Waals surface area contributed by atoms with Crippen molar-refractivity contribution in [1.29, 1.82) is 0 Å². The first kappa shape index (κ1) is 25.0. The number of halogens is 1. The van der Waals surface area contributed by atoms with Crippen LogP contribution < -0.4 is 19.7 Å². The molecule has 6 nitrogen and oxygen atoms in total. The van der Waals surface area contributed by atoms with Gasteiger partial charge < -0.3 is 14.8 Å². The Bertz CT molecular complexity index is 1260. The molecule has 36 heavy (non-hydrogen) atoms. The molecular weight excluding hydrogens is 459 g/mol. The molecule has 1 heterocycles. The van der Waals surface area contributed by atoms with E-state index in [1.807, 2.05) is 31.2 Å². The minimum absolute atomic E-state index is 0.0128. The van der Waals surface area contributed by atoms with Crippen LogP contribution in [0.4, 0.5) is 10.1 Å². The normalized spacial score (nSPS) is 14.7. The van der Waals surface area contributed by atoms with E-state index in [0.717, 1.165) is 24.2 Å². The number of carbonyl (C=O) groups excluding carboxylic acids is 2. The molecule has 7 heteroatoms. The van der Waals surface area contributed by atoms with E-state index < -0.39 is 11.7 Å². The van der Waals surface area contributed by atoms with E-state index in [1.54, 1.807) is 36.4 Å². The maximum atomic E-state index is 13.6. The summed E-state index contributed by atoms with van der Waals surface area (Å²) in [6, 6.07) is 20.2. The first-order chi connectivity index (χ1) is 17.4. The summed E-state index contributed by atoms with van der Waals surface area (Å²) in [5, 5.41) is 2.96. The third kappa shape index (κ3) is 6.10. The molecule has 1 N–H and O–H groups in total. The van der Waals surface area contributed by atoms with Gasteiger partial charge in [0.15, 0.2) is 11.5 Å². The van der Waals surface area contributed by atoms with Crippen LogP contribution in [0, 0.1) is 5.82 Å². The molecule has 0 spiro atoms. The number of rotatable bonds is 9. The summed E-state index contributed by atoms with van der Waals surface area (Å²) in [5.41, 5.74) is 1.90. The van der Waals surface area contributed by atoms with Gasteiger partial charge in [-0.1, -0.05) is 49.7 Å². The van der Waals surface area contributed by atoms with E-state index >= 15 is 0 Å². The number of benzene rings is 3. The molecule has 1 aliphatic rings. The molecule has 0 saturated carbocycles. The second-order valence-electron chi connectivity index (χ2n) is 8.58. The molecule has 1 aliphatic heterocycles. The zero-order valence-corrected chi connectivity index (χ0v) is 20.4. The summed E-state index contributed by atoms with van der Waals surface area (Å²) in [4.78, 5) is 27.6. The highest BCUT2D eigenvalue weighted by atomic mass is 19.1. The smallest absolute Gasteiger partial charge is 0.294 e. The molecule has 0 bridgehead atoms. The monoisotopic (exact) mass is 488 g/mol. The second kappa shape index (κ2) is 11.5. The highest BCUT2D eigenvalue weighted by molar-refractivity contribution is 6.12. The first-order valence-electron chi connectivity index (χ1n) is 12.0. The molecule has 4 rings (SSSR count). The Morgan fingerprint density at radius 2 is 1.89 bits per heavy atom. The van der Waals surface area contributed by atoms with E-state index in [9.17, 15) is 14.0 Å². The third-order valence-corrected chi connectivity index (χ3v) is 5.80. The van der Waals surface area contributed by atoms with Crippen molar-refractivity contribution < 1.29 is 23.5 Å². The van der Waals surface area contributed by atoms with Crippen molar-refractivity contribution in [3.8, 4) is 11.5 Å². The predicted octanol–water partition coefficient (Wildman–Crippen LogP) is 5.65. The number of unbranched alkanes of at least 4 members (excludes halogenated alkanes) is 1. The van der Waals surface area contributed by atoms with Gasteiger partial charge in [0, 0.05) is 0 Å². The number of para-hydroxylation sites is 2. The van der Waals surface area contributed by atoms with Crippen LogP contribution in [0.1, 0.15) is 43.9 Å². The fourth-order valence-electron chi connectivity index (χ4n) is 3.87. The molecule has 3 aromatic rings. The van der Waals surface area contributed by atoms with Crippen LogP contribution in [0.3, 0.4) is 0 Å². The summed E-state index contributed by atoms with van der Waals surface area (Å²) >= 11 is 0. The first-order valence-corrected chi connectivity index (χ1v) is 12.0. The number of amides is 2. The number of nitrogens with zero attached hydrogens (tertiary/aromatic N) is 1. The molecule has 186 valence electrons. The maximum Gasteiger partial charge on any atom is 0.294 e. The fraction of sp³-hybridized carbons (Fsp3) is 0.241. The van der Waals surface area contributed by atoms with E-state index in [4.69, 9.17) is 9.47 Å². The lowest BCUT2D eigenvalue weighted by Crippen LogP contribution is -2.44. The van der Waals surface area contributed by atoms with Crippen LogP contribution >= 0.6 is 0 Å². The average Bonchev–Trinajstić information content (AvgIpc) is 2.87. The highest BCUT2D eigenvalue weighted by Crippen LogP contribution is 2.35. The number of hydrogen-bond donors (Lipinski definition) is 1. The van der Waals surface area contributed by atoms with Crippen molar-refractivity contribution in [2.75, 3.05) is 18.1 Å². The number of ether oxygens (including phenoxy) is 2. The van der Waals surface area contributed by atoms with E-state index in [0.29, 0.717) is 23.6 Å². The van der Waals surface area contributed by atoms with Gasteiger partial charge in [-0.2, -0.15) is 0 Å². The zero-order chi connectivity index (χ0) is 25.5. The second-order valence-corrected chi connectivity index (χ2v) is 8.58. The van der Waals surface area contributed by atoms with E-state index in [1.165, 1.54) is 23.1 Å². The molecule has 0 aliphatic carbocycles. The number of anilines is 1. The van der Waals surface area contributed by atoms with Crippen molar-refractivity contribution in [2.24, 2.45) is 0 Å². The number of nitrogens with one attached hydrogen (secondary N) is 1. The summed E-state index contributed by atoms with van der Waals surface area (Å²) in [6.45, 7) is 4.48. The summed E-state index contributed by atoms with van der Waals surface area (Å²) < 4.78 is 25.1. The lowest BCUT2D eigenvalue weighted by molar-refractivity contribution is -0.123. The molecular formula is C29H29FN2O4. The van der Waals surface area contributed by atoms with Crippen molar-refractivity contribution in [2.45, 2.75) is 32.7 Å². The van der Waals surface area contributed by atoms with Crippen LogP contribution in [0.2, 0.25) is 0 Å². The Balaban J connectivity index is 1.47. The molecule has 0 radical (unpaired) electrons. The van der Waals surface area contributed by atoms with Crippen molar-refractivity contribution in [1.82, 2.24) is 5.32 Å². The molecule has 0 unspecified atom stereocenters. The summed E-state index contributed by atoms with van der Waals surface area (Å²) in [7, 11) is 0. The van der Waals surface area contributed by atoms with Gasteiger partial charge in [-0.05, 0) is 66.9 Å². The third-order valence-electron chi connectivity index (χ3n) is 5.80. The SMILES string of the molecule is CCCCOc1ccc([C@H](C)NC(=O)CN2C(=O)/C(=C\c3cccc(F)c3)Oc3ccccc32)cc1. The van der Waals surface area contributed by atoms with Crippen LogP contribution in [-0.2, 0) is 9.59 Å². The minimum atomic E-state index is -0.477. The Labute approximate surface area is 210 Å². The minimum Gasteiger partial charge on any atom is -0.494 e. The molecule has 2 amide bonds. The van der Waals surface area contributed by atoms with Gasteiger partial charge in [0.25, 0.3) is 5.91 Å². The van der Waals surface area contributed by atoms with Crippen molar-refractivity contribution >= 4 is 23.6 Å². The quantitative estimate of drug-likeness (QED) is 0.312. The van der Waals surface area contributed by atoms with E-state index in [-0.39, 0.29) is 24.3 Å². The molecule has 1 atom stereocenters. The van der Waals surface area contributed by atoms with Gasteiger partial charge in [0.1, 0.15) is 18.1 Å². The lowest BCUT2D eigenvalue weighted by Gasteiger charge is -2.30. The average molecular weight is 489 g/mol. The van der Waals surface area contributed by atoms with Crippen LogP contribution in [-0.4, -0.2) is 25.0 Å². The standard InChI is InChI=1S/C29H29FN2O4/c1-3-4-16-35-24-14-12-22(13-15-24)20(2)31-28(33)19-32-25-10-5-6-11-26(25)36-27(29(32)34)18-21-8-7-9-23(30)17-21/h5-15,17-18,20H,3-4,16,19H2,1-2H3,(H,31,33)/b27-18+/t20-/m0/s1. The Morgan fingerprint density at radius 3 is 2.64 bits per heavy atom. The number of carbonyl (C=O) groups is 2. The molecule has 0 fully saturated rings. The van der Waals surface area contributed by atoms with E-state index in [2.05, 4.69) is 12.2 Å².